The molecule has 0 spiro atoms. The van der Waals surface area contributed by atoms with Crippen molar-refractivity contribution in [3.8, 4) is 22.4 Å². The van der Waals surface area contributed by atoms with Crippen molar-refractivity contribution in [2.75, 3.05) is 0 Å². The molecule has 0 amide bonds. The summed E-state index contributed by atoms with van der Waals surface area (Å²) in [4.78, 5) is 2.56. The SMILES string of the molecule is Cc1cncc(-c2noc(C(F)F)c2-c2cc(F)c(S(N)(=O)=O)c(F)c2)c1. The van der Waals surface area contributed by atoms with E-state index in [0.29, 0.717) is 17.7 Å². The molecule has 27 heavy (non-hydrogen) atoms. The number of pyridine rings is 1. The Kier molecular flexibility index (Phi) is 4.74. The summed E-state index contributed by atoms with van der Waals surface area (Å²) in [5.41, 5.74) is 0.0734. The molecule has 0 saturated heterocycles. The summed E-state index contributed by atoms with van der Waals surface area (Å²) >= 11 is 0. The summed E-state index contributed by atoms with van der Waals surface area (Å²) in [5.74, 6) is -3.97. The predicted octanol–water partition coefficient (Wildman–Crippen LogP) is 3.58. The van der Waals surface area contributed by atoms with Gasteiger partial charge in [-0.3, -0.25) is 4.98 Å². The molecule has 11 heteroatoms. The average molecular weight is 401 g/mol. The molecule has 0 atom stereocenters. The molecular formula is C16H11F4N3O3S. The number of aryl methyl sites for hydroxylation is 1. The van der Waals surface area contributed by atoms with Crippen LogP contribution >= 0.6 is 0 Å². The molecule has 0 aliphatic carbocycles. The lowest BCUT2D eigenvalue weighted by Gasteiger charge is -2.08. The Morgan fingerprint density at radius 2 is 1.70 bits per heavy atom. The van der Waals surface area contributed by atoms with Crippen LogP contribution in [-0.2, 0) is 10.0 Å². The largest absolute Gasteiger partial charge is 0.354 e. The molecule has 142 valence electrons. The van der Waals surface area contributed by atoms with E-state index in [1.54, 1.807) is 13.0 Å². The Morgan fingerprint density at radius 3 is 2.22 bits per heavy atom. The van der Waals surface area contributed by atoms with Crippen molar-refractivity contribution < 1.29 is 30.5 Å². The second kappa shape index (κ2) is 6.74. The van der Waals surface area contributed by atoms with Crippen LogP contribution in [0.15, 0.2) is 40.0 Å². The molecule has 1 aromatic carbocycles. The van der Waals surface area contributed by atoms with Gasteiger partial charge in [0.15, 0.2) is 4.90 Å². The molecule has 2 N–H and O–H groups in total. The number of nitrogens with two attached hydrogens (primary N) is 1. The van der Waals surface area contributed by atoms with Gasteiger partial charge in [0.1, 0.15) is 17.3 Å². The maximum Gasteiger partial charge on any atom is 0.298 e. The highest BCUT2D eigenvalue weighted by Gasteiger charge is 2.29. The van der Waals surface area contributed by atoms with E-state index in [2.05, 4.69) is 14.7 Å². The van der Waals surface area contributed by atoms with Crippen LogP contribution in [0.25, 0.3) is 22.4 Å². The highest BCUT2D eigenvalue weighted by molar-refractivity contribution is 7.89. The molecule has 6 nitrogen and oxygen atoms in total. The van der Waals surface area contributed by atoms with E-state index < -0.39 is 38.7 Å². The van der Waals surface area contributed by atoms with Crippen LogP contribution in [0, 0.1) is 18.6 Å². The van der Waals surface area contributed by atoms with Crippen molar-refractivity contribution in [3.05, 3.63) is 53.6 Å². The number of nitrogens with zero attached hydrogens (tertiary/aromatic N) is 2. The quantitative estimate of drug-likeness (QED) is 0.674. The van der Waals surface area contributed by atoms with E-state index in [0.717, 1.165) is 0 Å². The molecule has 2 heterocycles. The minimum atomic E-state index is -4.69. The predicted molar refractivity (Wildman–Crippen MR) is 86.2 cm³/mol. The Bertz CT molecular complexity index is 1110. The number of hydrogen-bond donors (Lipinski definition) is 1. The first-order chi connectivity index (χ1) is 12.6. The summed E-state index contributed by atoms with van der Waals surface area (Å²) in [5, 5.41) is 8.35. The smallest absolute Gasteiger partial charge is 0.298 e. The molecule has 0 radical (unpaired) electrons. The Hall–Kier alpha value is -2.79. The lowest BCUT2D eigenvalue weighted by Crippen LogP contribution is -2.16. The van der Waals surface area contributed by atoms with Crippen LogP contribution in [0.5, 0.6) is 0 Å². The van der Waals surface area contributed by atoms with Crippen molar-refractivity contribution >= 4 is 10.0 Å². The molecule has 0 aliphatic heterocycles. The minimum Gasteiger partial charge on any atom is -0.354 e. The molecule has 0 saturated carbocycles. The van der Waals surface area contributed by atoms with Crippen molar-refractivity contribution in [1.82, 2.24) is 10.1 Å². The van der Waals surface area contributed by atoms with Crippen molar-refractivity contribution in [2.45, 2.75) is 18.2 Å². The van der Waals surface area contributed by atoms with Gasteiger partial charge < -0.3 is 4.52 Å². The summed E-state index contributed by atoms with van der Waals surface area (Å²) in [6.07, 6.45) is -0.310. The first-order valence-electron chi connectivity index (χ1n) is 7.31. The normalized spacial score (nSPS) is 12.0. The molecule has 0 fully saturated rings. The summed E-state index contributed by atoms with van der Waals surface area (Å²) in [6.45, 7) is 1.70. The highest BCUT2D eigenvalue weighted by atomic mass is 32.2. The number of hydrogen-bond acceptors (Lipinski definition) is 5. The molecule has 0 bridgehead atoms. The Morgan fingerprint density at radius 1 is 1.07 bits per heavy atom. The molecule has 2 aromatic heterocycles. The molecule has 3 rings (SSSR count). The van der Waals surface area contributed by atoms with Crippen LogP contribution in [0.2, 0.25) is 0 Å². The molecule has 0 unspecified atom stereocenters. The second-order valence-electron chi connectivity index (χ2n) is 5.64. The van der Waals surface area contributed by atoms with Gasteiger partial charge in [-0.1, -0.05) is 5.16 Å². The lowest BCUT2D eigenvalue weighted by atomic mass is 9.99. The van der Waals surface area contributed by atoms with Crippen LogP contribution in [0.4, 0.5) is 17.6 Å². The van der Waals surface area contributed by atoms with Crippen molar-refractivity contribution in [1.29, 1.82) is 0 Å². The van der Waals surface area contributed by atoms with Gasteiger partial charge in [0, 0.05) is 18.0 Å². The van der Waals surface area contributed by atoms with Gasteiger partial charge in [-0.15, -0.1) is 0 Å². The number of halogens is 4. The van der Waals surface area contributed by atoms with Gasteiger partial charge in [-0.2, -0.15) is 0 Å². The zero-order valence-electron chi connectivity index (χ0n) is 13.6. The van der Waals surface area contributed by atoms with Crippen LogP contribution in [-0.4, -0.2) is 18.6 Å². The fraction of sp³-hybridized carbons (Fsp3) is 0.125. The zero-order valence-corrected chi connectivity index (χ0v) is 14.4. The summed E-state index contributed by atoms with van der Waals surface area (Å²) in [7, 11) is -4.69. The number of alkyl halides is 2. The van der Waals surface area contributed by atoms with Crippen molar-refractivity contribution in [3.63, 3.8) is 0 Å². The van der Waals surface area contributed by atoms with Gasteiger partial charge in [0.2, 0.25) is 15.8 Å². The number of benzene rings is 1. The zero-order chi connectivity index (χ0) is 19.9. The van der Waals surface area contributed by atoms with E-state index in [9.17, 15) is 26.0 Å². The number of aromatic nitrogens is 2. The fourth-order valence-corrected chi connectivity index (χ4v) is 3.25. The highest BCUT2D eigenvalue weighted by Crippen LogP contribution is 2.40. The first-order valence-corrected chi connectivity index (χ1v) is 8.86. The van der Waals surface area contributed by atoms with Gasteiger partial charge in [-0.25, -0.2) is 31.1 Å². The summed E-state index contributed by atoms with van der Waals surface area (Å²) < 4.78 is 82.3. The van der Waals surface area contributed by atoms with E-state index in [4.69, 9.17) is 5.14 Å². The van der Waals surface area contributed by atoms with E-state index in [-0.39, 0.29) is 22.4 Å². The van der Waals surface area contributed by atoms with Crippen LogP contribution < -0.4 is 5.14 Å². The van der Waals surface area contributed by atoms with E-state index in [1.807, 2.05) is 0 Å². The monoisotopic (exact) mass is 401 g/mol. The standard InChI is InChI=1S/C16H11F4N3O3S/c1-7-2-9(6-22-5-7)13-12(14(16(19)20)26-23-13)8-3-10(17)15(11(18)4-8)27(21,24)25/h2-6,16H,1H3,(H2,21,24,25). The maximum atomic E-state index is 14.2. The Labute approximate surface area is 150 Å². The van der Waals surface area contributed by atoms with E-state index in [1.165, 1.54) is 12.4 Å². The summed E-state index contributed by atoms with van der Waals surface area (Å²) in [6, 6.07) is 2.72. The minimum absolute atomic E-state index is 0.122. The van der Waals surface area contributed by atoms with Crippen molar-refractivity contribution in [2.24, 2.45) is 5.14 Å². The van der Waals surface area contributed by atoms with Crippen LogP contribution in [0.1, 0.15) is 17.7 Å². The van der Waals surface area contributed by atoms with Gasteiger partial charge >= 0.3 is 0 Å². The lowest BCUT2D eigenvalue weighted by molar-refractivity contribution is 0.113. The third-order valence-corrected chi connectivity index (χ3v) is 4.60. The molecule has 3 aromatic rings. The molecule has 0 aliphatic rings. The number of primary sulfonamides is 1. The van der Waals surface area contributed by atoms with Gasteiger partial charge in [0.25, 0.3) is 6.43 Å². The topological polar surface area (TPSA) is 99.1 Å². The first kappa shape index (κ1) is 19.0. The molecular weight excluding hydrogens is 390 g/mol. The van der Waals surface area contributed by atoms with Gasteiger partial charge in [0.05, 0.1) is 5.56 Å². The number of sulfonamides is 1. The maximum absolute atomic E-state index is 14.2. The fourth-order valence-electron chi connectivity index (χ4n) is 2.59. The van der Waals surface area contributed by atoms with Crippen LogP contribution in [0.3, 0.4) is 0 Å². The second-order valence-corrected chi connectivity index (χ2v) is 7.13. The third kappa shape index (κ3) is 3.55. The third-order valence-electron chi connectivity index (χ3n) is 3.64. The number of rotatable bonds is 4. The average Bonchev–Trinajstić information content (AvgIpc) is 2.98. The van der Waals surface area contributed by atoms with E-state index >= 15 is 0 Å². The Balaban J connectivity index is 2.30. The van der Waals surface area contributed by atoms with Gasteiger partial charge in [-0.05, 0) is 36.2 Å².